The molecular weight excluding hydrogens is 613 g/mol. The third kappa shape index (κ3) is 8.41. The SMILES string of the molecule is CC(C)(C)[Si](OCC(=C=CC[C@@H](O)c1ccc(O)c2ccccc12)C[C@@H](O)COCc1ccccc1)(c1ccccc1)c1ccccc1. The molecule has 0 saturated heterocycles. The highest BCUT2D eigenvalue weighted by Gasteiger charge is 2.50. The summed E-state index contributed by atoms with van der Waals surface area (Å²) in [5, 5.41) is 36.4. The van der Waals surface area contributed by atoms with Gasteiger partial charge in [0.2, 0.25) is 0 Å². The number of hydrogen-bond donors (Lipinski definition) is 3. The minimum absolute atomic E-state index is 0.168. The average Bonchev–Trinajstić information content (AvgIpc) is 3.09. The van der Waals surface area contributed by atoms with Gasteiger partial charge in [0.25, 0.3) is 8.32 Å². The molecule has 0 spiro atoms. The normalized spacial score (nSPS) is 13.1. The van der Waals surface area contributed by atoms with Crippen molar-refractivity contribution in [2.75, 3.05) is 13.2 Å². The molecule has 5 aromatic rings. The Bertz CT molecular complexity index is 1770. The first-order valence-corrected chi connectivity index (χ1v) is 18.5. The number of ether oxygens (including phenoxy) is 1. The van der Waals surface area contributed by atoms with Gasteiger partial charge in [-0.3, -0.25) is 0 Å². The molecule has 0 amide bonds. The molecular formula is C42H46O5Si. The summed E-state index contributed by atoms with van der Waals surface area (Å²) in [6.45, 7) is 7.56. The number of aliphatic hydroxyl groups is 2. The summed E-state index contributed by atoms with van der Waals surface area (Å²) in [6.07, 6.45) is 0.868. The number of aliphatic hydroxyl groups excluding tert-OH is 2. The van der Waals surface area contributed by atoms with Crippen LogP contribution < -0.4 is 10.4 Å². The molecule has 5 rings (SSSR count). The second kappa shape index (κ2) is 16.2. The van der Waals surface area contributed by atoms with Crippen molar-refractivity contribution in [1.82, 2.24) is 0 Å². The monoisotopic (exact) mass is 658 g/mol. The van der Waals surface area contributed by atoms with Crippen molar-refractivity contribution < 1.29 is 24.5 Å². The Morgan fingerprint density at radius 2 is 1.31 bits per heavy atom. The van der Waals surface area contributed by atoms with Crippen molar-refractivity contribution in [3.8, 4) is 5.75 Å². The first kappa shape index (κ1) is 35.1. The summed E-state index contributed by atoms with van der Waals surface area (Å²) in [6, 6.07) is 41.8. The second-order valence-electron chi connectivity index (χ2n) is 13.2. The molecule has 0 radical (unpaired) electrons. The molecule has 0 bridgehead atoms. The van der Waals surface area contributed by atoms with Crippen LogP contribution in [-0.4, -0.2) is 43.0 Å². The van der Waals surface area contributed by atoms with Gasteiger partial charge in [-0.25, -0.2) is 0 Å². The molecule has 0 aliphatic rings. The second-order valence-corrected chi connectivity index (χ2v) is 17.5. The van der Waals surface area contributed by atoms with Gasteiger partial charge < -0.3 is 24.5 Å². The fraction of sp³-hybridized carbons (Fsp3) is 0.262. The van der Waals surface area contributed by atoms with E-state index in [1.807, 2.05) is 72.8 Å². The van der Waals surface area contributed by atoms with Gasteiger partial charge in [-0.1, -0.05) is 142 Å². The zero-order valence-corrected chi connectivity index (χ0v) is 29.1. The minimum Gasteiger partial charge on any atom is -0.507 e. The molecule has 6 heteroatoms. The van der Waals surface area contributed by atoms with Gasteiger partial charge in [0, 0.05) is 18.2 Å². The fourth-order valence-corrected chi connectivity index (χ4v) is 10.9. The molecule has 3 N–H and O–H groups in total. The first-order chi connectivity index (χ1) is 23.2. The smallest absolute Gasteiger partial charge is 0.261 e. The van der Waals surface area contributed by atoms with Crippen LogP contribution in [0.2, 0.25) is 5.04 Å². The molecule has 48 heavy (non-hydrogen) atoms. The van der Waals surface area contributed by atoms with E-state index in [4.69, 9.17) is 9.16 Å². The van der Waals surface area contributed by atoms with Crippen LogP contribution in [-0.2, 0) is 15.8 Å². The summed E-state index contributed by atoms with van der Waals surface area (Å²) in [7, 11) is -2.84. The van der Waals surface area contributed by atoms with E-state index in [1.165, 1.54) is 10.4 Å². The zero-order valence-electron chi connectivity index (χ0n) is 28.1. The fourth-order valence-electron chi connectivity index (χ4n) is 6.39. The number of phenolic OH excluding ortho intramolecular Hbond substituents is 1. The summed E-state index contributed by atoms with van der Waals surface area (Å²) in [4.78, 5) is 0. The van der Waals surface area contributed by atoms with E-state index in [-0.39, 0.29) is 24.0 Å². The molecule has 0 heterocycles. The van der Waals surface area contributed by atoms with Gasteiger partial charge in [-0.15, -0.1) is 5.73 Å². The Labute approximate surface area is 285 Å². The quantitative estimate of drug-likeness (QED) is 0.0847. The maximum atomic E-state index is 11.2. The molecule has 248 valence electrons. The van der Waals surface area contributed by atoms with Gasteiger partial charge in [0.1, 0.15) is 5.75 Å². The summed E-state index contributed by atoms with van der Waals surface area (Å²) < 4.78 is 13.1. The lowest BCUT2D eigenvalue weighted by atomic mass is 9.98. The van der Waals surface area contributed by atoms with Crippen molar-refractivity contribution in [2.24, 2.45) is 0 Å². The van der Waals surface area contributed by atoms with E-state index >= 15 is 0 Å². The number of phenols is 1. The van der Waals surface area contributed by atoms with E-state index in [0.717, 1.165) is 22.1 Å². The maximum Gasteiger partial charge on any atom is 0.261 e. The molecule has 5 nitrogen and oxygen atoms in total. The van der Waals surface area contributed by atoms with Crippen LogP contribution in [0, 0.1) is 0 Å². The third-order valence-electron chi connectivity index (χ3n) is 8.72. The van der Waals surface area contributed by atoms with Crippen LogP contribution in [0.4, 0.5) is 0 Å². The van der Waals surface area contributed by atoms with E-state index < -0.39 is 20.5 Å². The van der Waals surface area contributed by atoms with Crippen molar-refractivity contribution in [3.05, 3.63) is 156 Å². The maximum absolute atomic E-state index is 11.2. The molecule has 5 aromatic carbocycles. The van der Waals surface area contributed by atoms with E-state index in [0.29, 0.717) is 24.8 Å². The molecule has 0 aromatic heterocycles. The van der Waals surface area contributed by atoms with Gasteiger partial charge in [-0.05, 0) is 49.6 Å². The number of rotatable bonds is 14. The predicted molar refractivity (Wildman–Crippen MR) is 197 cm³/mol. The summed E-state index contributed by atoms with van der Waals surface area (Å²) in [5.41, 5.74) is 5.99. The van der Waals surface area contributed by atoms with Crippen molar-refractivity contribution in [1.29, 1.82) is 0 Å². The lowest BCUT2D eigenvalue weighted by molar-refractivity contribution is 0.0279. The highest BCUT2D eigenvalue weighted by atomic mass is 28.4. The van der Waals surface area contributed by atoms with Crippen molar-refractivity contribution in [2.45, 2.75) is 57.5 Å². The van der Waals surface area contributed by atoms with Crippen LogP contribution in [0.5, 0.6) is 5.75 Å². The molecule has 2 atom stereocenters. The molecule has 0 aliphatic heterocycles. The van der Waals surface area contributed by atoms with Crippen LogP contribution in [0.1, 0.15) is 50.8 Å². The molecule has 0 unspecified atom stereocenters. The summed E-state index contributed by atoms with van der Waals surface area (Å²) >= 11 is 0. The third-order valence-corrected chi connectivity index (χ3v) is 13.7. The number of fused-ring (bicyclic) bond motifs is 1. The van der Waals surface area contributed by atoms with Crippen molar-refractivity contribution >= 4 is 29.5 Å². The Hall–Kier alpha value is -4.26. The molecule has 0 fully saturated rings. The van der Waals surface area contributed by atoms with E-state index in [1.54, 1.807) is 12.1 Å². The van der Waals surface area contributed by atoms with Crippen LogP contribution in [0.25, 0.3) is 10.8 Å². The van der Waals surface area contributed by atoms with Crippen LogP contribution in [0.15, 0.2) is 145 Å². The lowest BCUT2D eigenvalue weighted by Crippen LogP contribution is -2.66. The molecule has 0 saturated carbocycles. The summed E-state index contributed by atoms with van der Waals surface area (Å²) in [5.74, 6) is 0.184. The highest BCUT2D eigenvalue weighted by Crippen LogP contribution is 2.37. The van der Waals surface area contributed by atoms with Crippen LogP contribution in [0.3, 0.4) is 0 Å². The number of aromatic hydroxyl groups is 1. The first-order valence-electron chi connectivity index (χ1n) is 16.6. The Morgan fingerprint density at radius 1 is 0.750 bits per heavy atom. The van der Waals surface area contributed by atoms with E-state index in [9.17, 15) is 15.3 Å². The van der Waals surface area contributed by atoms with Crippen molar-refractivity contribution in [3.63, 3.8) is 0 Å². The average molecular weight is 659 g/mol. The Kier molecular flexibility index (Phi) is 11.8. The number of hydrogen-bond acceptors (Lipinski definition) is 5. The zero-order chi connectivity index (χ0) is 34.0. The Morgan fingerprint density at radius 3 is 1.92 bits per heavy atom. The van der Waals surface area contributed by atoms with Gasteiger partial charge in [-0.2, -0.15) is 0 Å². The van der Waals surface area contributed by atoms with Gasteiger partial charge in [0.05, 0.1) is 32.0 Å². The van der Waals surface area contributed by atoms with E-state index in [2.05, 4.69) is 75.0 Å². The largest absolute Gasteiger partial charge is 0.507 e. The Balaban J connectivity index is 1.43. The van der Waals surface area contributed by atoms with Gasteiger partial charge >= 0.3 is 0 Å². The lowest BCUT2D eigenvalue weighted by Gasteiger charge is -2.43. The molecule has 0 aliphatic carbocycles. The number of benzene rings is 5. The predicted octanol–water partition coefficient (Wildman–Crippen LogP) is 7.59. The minimum atomic E-state index is -2.84. The standard InChI is InChI=1S/C42H46O5Si/c1-42(2,3)48(35-19-9-5-10-20-35,36-21-11-6-12-22-36)47-30-33(28-34(43)31-46-29-32-16-7-4-8-17-32)18-15-25-40(44)39-26-27-41(45)38-24-14-13-23-37(38)39/h4-17,19-24,26-27,34,40,43-45H,25,28-31H2,1-3H3/t18?,34-,40-/m1/s1. The topological polar surface area (TPSA) is 79.2 Å². The highest BCUT2D eigenvalue weighted by molar-refractivity contribution is 6.99. The van der Waals surface area contributed by atoms with Gasteiger partial charge in [0.15, 0.2) is 0 Å². The van der Waals surface area contributed by atoms with Crippen LogP contribution >= 0.6 is 0 Å².